The Balaban J connectivity index is 1.37. The van der Waals surface area contributed by atoms with Crippen molar-refractivity contribution in [2.75, 3.05) is 14.2 Å². The molecule has 1 heterocycles. The molecule has 3 nitrogen and oxygen atoms in total. The number of methoxy groups -OCH3 is 2. The topological polar surface area (TPSA) is 27.7 Å². The van der Waals surface area contributed by atoms with Crippen molar-refractivity contribution in [2.24, 2.45) is 10.8 Å². The van der Waals surface area contributed by atoms with Gasteiger partial charge in [0.2, 0.25) is 0 Å². The molecule has 284 valence electrons. The van der Waals surface area contributed by atoms with E-state index in [-0.39, 0.29) is 16.2 Å². The third-order valence-electron chi connectivity index (χ3n) is 13.0. The SMILES string of the molecule is COc1ccc(C2(c3ccc(OC)cc3)C=Cc3c4c(c5cc(CS)c(SC6CCCCC6)cc5c3O2)-c2ccccc2C42CC(C)(C)CC(C)(C)C2)cc1. The predicted molar refractivity (Wildman–Crippen MR) is 233 cm³/mol. The van der Waals surface area contributed by atoms with Gasteiger partial charge in [-0.05, 0) is 119 Å². The number of thioether (sulfide) groups is 1. The third-order valence-corrected chi connectivity index (χ3v) is 14.8. The quantitative estimate of drug-likeness (QED) is 0.167. The van der Waals surface area contributed by atoms with E-state index >= 15 is 0 Å². The molecule has 9 rings (SSSR count). The van der Waals surface area contributed by atoms with Crippen LogP contribution in [0.2, 0.25) is 0 Å². The Bertz CT molecular complexity index is 2230. The summed E-state index contributed by atoms with van der Waals surface area (Å²) in [4.78, 5) is 1.34. The second kappa shape index (κ2) is 13.7. The van der Waals surface area contributed by atoms with E-state index < -0.39 is 5.60 Å². The molecule has 1 spiro atoms. The Morgan fingerprint density at radius 3 is 1.96 bits per heavy atom. The molecular formula is C50H54O3S2. The molecule has 3 aliphatic carbocycles. The Morgan fingerprint density at radius 1 is 0.745 bits per heavy atom. The zero-order chi connectivity index (χ0) is 38.2. The molecule has 5 aromatic carbocycles. The highest BCUT2D eigenvalue weighted by molar-refractivity contribution is 8.00. The molecule has 0 bridgehead atoms. The minimum absolute atomic E-state index is 0.153. The van der Waals surface area contributed by atoms with Gasteiger partial charge in [0.15, 0.2) is 5.60 Å². The van der Waals surface area contributed by atoms with Gasteiger partial charge in [0.05, 0.1) is 14.2 Å². The highest BCUT2D eigenvalue weighted by Gasteiger charge is 2.55. The van der Waals surface area contributed by atoms with Crippen molar-refractivity contribution in [1.82, 2.24) is 0 Å². The van der Waals surface area contributed by atoms with Crippen molar-refractivity contribution >= 4 is 41.2 Å². The summed E-state index contributed by atoms with van der Waals surface area (Å²) in [6.07, 6.45) is 14.7. The lowest BCUT2D eigenvalue weighted by molar-refractivity contribution is 0.0642. The van der Waals surface area contributed by atoms with Crippen LogP contribution < -0.4 is 14.2 Å². The fraction of sp³-hybridized carbons (Fsp3) is 0.400. The normalized spacial score (nSPS) is 20.1. The Labute approximate surface area is 337 Å². The lowest BCUT2D eigenvalue weighted by Gasteiger charge is -2.52. The summed E-state index contributed by atoms with van der Waals surface area (Å²) < 4.78 is 19.1. The summed E-state index contributed by atoms with van der Waals surface area (Å²) in [6, 6.07) is 31.1. The second-order valence-electron chi connectivity index (χ2n) is 18.1. The Morgan fingerprint density at radius 2 is 1.36 bits per heavy atom. The fourth-order valence-electron chi connectivity index (χ4n) is 11.5. The van der Waals surface area contributed by atoms with Crippen LogP contribution in [0.25, 0.3) is 28.0 Å². The smallest absolute Gasteiger partial charge is 0.178 e. The third kappa shape index (κ3) is 6.11. The molecule has 0 atom stereocenters. The van der Waals surface area contributed by atoms with E-state index in [4.69, 9.17) is 26.8 Å². The molecule has 2 saturated carbocycles. The van der Waals surface area contributed by atoms with Crippen LogP contribution >= 0.6 is 24.4 Å². The van der Waals surface area contributed by atoms with Gasteiger partial charge in [-0.1, -0.05) is 102 Å². The standard InChI is InChI=1S/C50H54O3S2/c1-47(2)29-48(3,4)31-49(30-47)42-15-11-10-14-38(42)44-40-26-32(28-54)43(55-37-12-8-7-9-13-37)27-41(40)46-39(45(44)49)24-25-50(53-46,33-16-20-35(51-5)21-17-33)34-18-22-36(52-6)23-19-34/h10-11,14-27,37,54H,7-9,12-13,28-31H2,1-6H3. The summed E-state index contributed by atoms with van der Waals surface area (Å²) in [5, 5.41) is 3.10. The highest BCUT2D eigenvalue weighted by atomic mass is 32.2. The summed E-state index contributed by atoms with van der Waals surface area (Å²) in [5.74, 6) is 3.32. The van der Waals surface area contributed by atoms with Crippen molar-refractivity contribution in [1.29, 1.82) is 0 Å². The molecule has 0 radical (unpaired) electrons. The molecule has 5 heteroatoms. The first-order chi connectivity index (χ1) is 26.5. The zero-order valence-electron chi connectivity index (χ0n) is 33.3. The minimum Gasteiger partial charge on any atom is -0.497 e. The van der Waals surface area contributed by atoms with Crippen LogP contribution in [0.4, 0.5) is 0 Å². The van der Waals surface area contributed by atoms with Crippen molar-refractivity contribution in [2.45, 2.75) is 106 Å². The van der Waals surface area contributed by atoms with Gasteiger partial charge in [0, 0.05) is 43.4 Å². The molecule has 0 saturated heterocycles. The van der Waals surface area contributed by atoms with Crippen molar-refractivity contribution < 1.29 is 14.2 Å². The van der Waals surface area contributed by atoms with Gasteiger partial charge in [-0.25, -0.2) is 0 Å². The maximum Gasteiger partial charge on any atom is 0.178 e. The maximum atomic E-state index is 7.84. The van der Waals surface area contributed by atoms with Gasteiger partial charge >= 0.3 is 0 Å². The van der Waals surface area contributed by atoms with Gasteiger partial charge < -0.3 is 14.2 Å². The number of thiol groups is 1. The molecule has 0 aromatic heterocycles. The fourth-order valence-corrected chi connectivity index (χ4v) is 13.2. The Hall–Kier alpha value is -3.80. The van der Waals surface area contributed by atoms with Crippen LogP contribution in [0, 0.1) is 10.8 Å². The Kier molecular flexibility index (Phi) is 9.17. The summed E-state index contributed by atoms with van der Waals surface area (Å²) in [6.45, 7) is 9.95. The van der Waals surface area contributed by atoms with Crippen LogP contribution in [0.15, 0.2) is 95.9 Å². The number of rotatable bonds is 7. The van der Waals surface area contributed by atoms with E-state index in [1.807, 2.05) is 24.3 Å². The van der Waals surface area contributed by atoms with E-state index in [1.165, 1.54) is 87.6 Å². The molecule has 0 N–H and O–H groups in total. The molecule has 4 aliphatic rings. The monoisotopic (exact) mass is 766 g/mol. The van der Waals surface area contributed by atoms with Crippen LogP contribution in [0.3, 0.4) is 0 Å². The number of ether oxygens (including phenoxy) is 3. The number of hydrogen-bond acceptors (Lipinski definition) is 5. The van der Waals surface area contributed by atoms with Gasteiger partial charge in [0.1, 0.15) is 17.2 Å². The van der Waals surface area contributed by atoms with Gasteiger partial charge in [-0.2, -0.15) is 12.6 Å². The van der Waals surface area contributed by atoms with Crippen molar-refractivity contribution in [3.8, 4) is 28.4 Å². The first-order valence-corrected chi connectivity index (χ1v) is 21.7. The molecule has 1 aliphatic heterocycles. The second-order valence-corrected chi connectivity index (χ2v) is 19.8. The first kappa shape index (κ1) is 36.8. The van der Waals surface area contributed by atoms with Crippen LogP contribution in [0.1, 0.15) is 112 Å². The number of benzene rings is 5. The predicted octanol–water partition coefficient (Wildman–Crippen LogP) is 13.6. The number of hydrogen-bond donors (Lipinski definition) is 1. The molecule has 55 heavy (non-hydrogen) atoms. The molecule has 2 fully saturated rings. The molecule has 5 aromatic rings. The average molecular weight is 767 g/mol. The maximum absolute atomic E-state index is 7.84. The van der Waals surface area contributed by atoms with Crippen molar-refractivity contribution in [3.05, 3.63) is 124 Å². The minimum atomic E-state index is -0.880. The van der Waals surface area contributed by atoms with Gasteiger partial charge in [-0.15, -0.1) is 11.8 Å². The summed E-state index contributed by atoms with van der Waals surface area (Å²) in [7, 11) is 3.44. The zero-order valence-corrected chi connectivity index (χ0v) is 35.0. The van der Waals surface area contributed by atoms with Crippen LogP contribution in [0.5, 0.6) is 17.2 Å². The number of fused-ring (bicyclic) bond motifs is 10. The van der Waals surface area contributed by atoms with E-state index in [1.54, 1.807) is 14.2 Å². The molecule has 0 unspecified atom stereocenters. The van der Waals surface area contributed by atoms with E-state index in [9.17, 15) is 0 Å². The van der Waals surface area contributed by atoms with Crippen LogP contribution in [-0.2, 0) is 16.8 Å². The van der Waals surface area contributed by atoms with Gasteiger partial charge in [-0.3, -0.25) is 0 Å². The first-order valence-electron chi connectivity index (χ1n) is 20.2. The summed E-state index contributed by atoms with van der Waals surface area (Å²) in [5.41, 5.74) is 9.64. The van der Waals surface area contributed by atoms with E-state index in [0.717, 1.165) is 41.2 Å². The van der Waals surface area contributed by atoms with E-state index in [0.29, 0.717) is 11.0 Å². The molecule has 0 amide bonds. The van der Waals surface area contributed by atoms with Crippen LogP contribution in [-0.4, -0.2) is 19.5 Å². The van der Waals surface area contributed by atoms with E-state index in [2.05, 4.69) is 112 Å². The highest BCUT2D eigenvalue weighted by Crippen LogP contribution is 2.67. The summed E-state index contributed by atoms with van der Waals surface area (Å²) >= 11 is 7.07. The van der Waals surface area contributed by atoms with Crippen molar-refractivity contribution in [3.63, 3.8) is 0 Å². The lowest BCUT2D eigenvalue weighted by atomic mass is 9.52. The average Bonchev–Trinajstić information content (AvgIpc) is 3.45. The largest absolute Gasteiger partial charge is 0.497 e. The van der Waals surface area contributed by atoms with Gasteiger partial charge in [0.25, 0.3) is 0 Å². The lowest BCUT2D eigenvalue weighted by Crippen LogP contribution is -2.44. The molecular weight excluding hydrogens is 713 g/mol.